The largest absolute Gasteiger partial charge is 0.337 e. The first kappa shape index (κ1) is 15.9. The number of rotatable bonds is 10. The highest BCUT2D eigenvalue weighted by molar-refractivity contribution is 8.67. The minimum Gasteiger partial charge on any atom is -0.337 e. The first-order valence-electron chi connectivity index (χ1n) is 5.74. The molecule has 0 saturated carbocycles. The Balaban J connectivity index is 3.43. The molecule has 0 aromatic rings. The molecule has 0 aliphatic heterocycles. The van der Waals surface area contributed by atoms with E-state index in [1.807, 2.05) is 0 Å². The standard InChI is InChI=1S/C10H23O2PS2/c1-3-5-7-8-10-15-13(11,14)12-9-6-4-2/h3-10H2,1-2H3,(H,11,14). The fourth-order valence-corrected chi connectivity index (χ4v) is 4.49. The van der Waals surface area contributed by atoms with Crippen LogP contribution in [0.1, 0.15) is 52.4 Å². The Morgan fingerprint density at radius 1 is 1.13 bits per heavy atom. The second kappa shape index (κ2) is 10.1. The van der Waals surface area contributed by atoms with Crippen LogP contribution in [-0.4, -0.2) is 17.3 Å². The van der Waals surface area contributed by atoms with Gasteiger partial charge in [-0.1, -0.05) is 50.9 Å². The van der Waals surface area contributed by atoms with Crippen LogP contribution >= 0.6 is 17.1 Å². The zero-order valence-electron chi connectivity index (χ0n) is 9.78. The Kier molecular flexibility index (Phi) is 10.7. The molecule has 0 heterocycles. The third-order valence-electron chi connectivity index (χ3n) is 2.00. The van der Waals surface area contributed by atoms with E-state index < -0.39 is 5.69 Å². The van der Waals surface area contributed by atoms with Gasteiger partial charge in [-0.25, -0.2) is 0 Å². The average molecular weight is 270 g/mol. The van der Waals surface area contributed by atoms with E-state index in [2.05, 4.69) is 13.8 Å². The summed E-state index contributed by atoms with van der Waals surface area (Å²) in [5.41, 5.74) is -2.52. The van der Waals surface area contributed by atoms with E-state index in [4.69, 9.17) is 16.3 Å². The van der Waals surface area contributed by atoms with Gasteiger partial charge < -0.3 is 9.42 Å². The second-order valence-electron chi connectivity index (χ2n) is 3.55. The lowest BCUT2D eigenvalue weighted by Crippen LogP contribution is -1.90. The first-order chi connectivity index (χ1) is 7.12. The number of unbranched alkanes of at least 4 members (excludes halogenated alkanes) is 4. The van der Waals surface area contributed by atoms with Crippen molar-refractivity contribution in [2.24, 2.45) is 0 Å². The molecule has 1 N–H and O–H groups in total. The maximum absolute atomic E-state index is 9.76. The molecule has 0 aliphatic carbocycles. The van der Waals surface area contributed by atoms with Gasteiger partial charge in [0.1, 0.15) is 0 Å². The van der Waals surface area contributed by atoms with E-state index in [0.717, 1.165) is 25.0 Å². The van der Waals surface area contributed by atoms with Crippen molar-refractivity contribution in [1.82, 2.24) is 0 Å². The van der Waals surface area contributed by atoms with Gasteiger partial charge in [0.2, 0.25) is 5.69 Å². The molecule has 0 saturated heterocycles. The summed E-state index contributed by atoms with van der Waals surface area (Å²) in [5, 5.41) is 0. The number of hydrogen-bond acceptors (Lipinski definition) is 3. The van der Waals surface area contributed by atoms with Crippen LogP contribution in [0, 0.1) is 0 Å². The van der Waals surface area contributed by atoms with Gasteiger partial charge in [-0.15, -0.1) is 0 Å². The van der Waals surface area contributed by atoms with Crippen molar-refractivity contribution in [3.05, 3.63) is 0 Å². The van der Waals surface area contributed by atoms with Crippen molar-refractivity contribution in [2.45, 2.75) is 52.4 Å². The van der Waals surface area contributed by atoms with Crippen molar-refractivity contribution in [1.29, 1.82) is 0 Å². The summed E-state index contributed by atoms with van der Waals surface area (Å²) in [5.74, 6) is 0.930. The molecular weight excluding hydrogens is 247 g/mol. The molecule has 2 nitrogen and oxygen atoms in total. The van der Waals surface area contributed by atoms with Crippen molar-refractivity contribution >= 4 is 28.9 Å². The van der Waals surface area contributed by atoms with Crippen LogP contribution in [0.4, 0.5) is 0 Å². The molecule has 0 bridgehead atoms. The van der Waals surface area contributed by atoms with Gasteiger partial charge in [0, 0.05) is 5.75 Å². The Bertz CT molecular complexity index is 188. The molecule has 92 valence electrons. The highest BCUT2D eigenvalue weighted by Crippen LogP contribution is 2.56. The van der Waals surface area contributed by atoms with Gasteiger partial charge in [0.25, 0.3) is 0 Å². The van der Waals surface area contributed by atoms with E-state index in [1.54, 1.807) is 0 Å². The SMILES string of the molecule is CCCCCCSP(O)(=S)OCCCC. The van der Waals surface area contributed by atoms with E-state index in [9.17, 15) is 4.89 Å². The van der Waals surface area contributed by atoms with Crippen LogP contribution < -0.4 is 0 Å². The molecule has 15 heavy (non-hydrogen) atoms. The molecule has 1 atom stereocenters. The van der Waals surface area contributed by atoms with E-state index in [0.29, 0.717) is 6.61 Å². The summed E-state index contributed by atoms with van der Waals surface area (Å²) in [7, 11) is 0. The van der Waals surface area contributed by atoms with E-state index in [-0.39, 0.29) is 0 Å². The Labute approximate surface area is 103 Å². The predicted octanol–water partition coefficient (Wildman–Crippen LogP) is 4.33. The molecule has 0 aromatic carbocycles. The molecule has 0 fully saturated rings. The average Bonchev–Trinajstić information content (AvgIpc) is 2.17. The summed E-state index contributed by atoms with van der Waals surface area (Å²) in [4.78, 5) is 9.76. The topological polar surface area (TPSA) is 29.5 Å². The molecule has 0 amide bonds. The predicted molar refractivity (Wildman–Crippen MR) is 74.0 cm³/mol. The third kappa shape index (κ3) is 11.2. The van der Waals surface area contributed by atoms with Crippen molar-refractivity contribution < 1.29 is 9.42 Å². The fourth-order valence-electron chi connectivity index (χ4n) is 1.07. The Hall–Kier alpha value is 0.920. The van der Waals surface area contributed by atoms with Gasteiger partial charge in [-0.3, -0.25) is 0 Å². The van der Waals surface area contributed by atoms with Gasteiger partial charge in [-0.05, 0) is 24.6 Å². The maximum Gasteiger partial charge on any atom is 0.244 e. The molecular formula is C10H23O2PS2. The highest BCUT2D eigenvalue weighted by atomic mass is 32.9. The monoisotopic (exact) mass is 270 g/mol. The lowest BCUT2D eigenvalue weighted by molar-refractivity contribution is 0.312. The van der Waals surface area contributed by atoms with Crippen LogP contribution in [-0.2, 0) is 16.3 Å². The van der Waals surface area contributed by atoms with Gasteiger partial charge in [0.15, 0.2) is 0 Å². The minimum atomic E-state index is -2.52. The zero-order chi connectivity index (χ0) is 11.6. The molecule has 1 unspecified atom stereocenters. The first-order valence-corrected chi connectivity index (χ1v) is 10.0. The van der Waals surface area contributed by atoms with Crippen LogP contribution in [0.2, 0.25) is 0 Å². The minimum absolute atomic E-state index is 0.603. The van der Waals surface area contributed by atoms with Crippen LogP contribution in [0.5, 0.6) is 0 Å². The molecule has 0 aromatic heterocycles. The lowest BCUT2D eigenvalue weighted by atomic mass is 10.2. The van der Waals surface area contributed by atoms with Gasteiger partial charge in [0.05, 0.1) is 6.61 Å². The van der Waals surface area contributed by atoms with Crippen molar-refractivity contribution in [2.75, 3.05) is 12.4 Å². The summed E-state index contributed by atoms with van der Waals surface area (Å²) in [6, 6.07) is 0. The molecule has 0 rings (SSSR count). The molecule has 0 spiro atoms. The quantitative estimate of drug-likeness (QED) is 0.472. The highest BCUT2D eigenvalue weighted by Gasteiger charge is 2.13. The van der Waals surface area contributed by atoms with E-state index in [1.165, 1.54) is 30.6 Å². The lowest BCUT2D eigenvalue weighted by Gasteiger charge is -2.14. The van der Waals surface area contributed by atoms with Crippen LogP contribution in [0.25, 0.3) is 0 Å². The van der Waals surface area contributed by atoms with Crippen LogP contribution in [0.3, 0.4) is 0 Å². The zero-order valence-corrected chi connectivity index (χ0v) is 12.3. The number of hydrogen-bond donors (Lipinski definition) is 1. The van der Waals surface area contributed by atoms with Gasteiger partial charge >= 0.3 is 0 Å². The van der Waals surface area contributed by atoms with Crippen molar-refractivity contribution in [3.8, 4) is 0 Å². The van der Waals surface area contributed by atoms with Crippen LogP contribution in [0.15, 0.2) is 0 Å². The summed E-state index contributed by atoms with van der Waals surface area (Å²) < 4.78 is 5.32. The summed E-state index contributed by atoms with van der Waals surface area (Å²) >= 11 is 6.48. The maximum atomic E-state index is 9.76. The molecule has 0 radical (unpaired) electrons. The molecule has 5 heteroatoms. The Morgan fingerprint density at radius 3 is 2.40 bits per heavy atom. The fraction of sp³-hybridized carbons (Fsp3) is 1.00. The summed E-state index contributed by atoms with van der Waals surface area (Å²) in [6.45, 7) is 4.89. The summed E-state index contributed by atoms with van der Waals surface area (Å²) in [6.07, 6.45) is 6.94. The smallest absolute Gasteiger partial charge is 0.244 e. The second-order valence-corrected chi connectivity index (χ2v) is 9.85. The van der Waals surface area contributed by atoms with Crippen molar-refractivity contribution in [3.63, 3.8) is 0 Å². The Morgan fingerprint density at radius 2 is 1.80 bits per heavy atom. The molecule has 0 aliphatic rings. The van der Waals surface area contributed by atoms with E-state index >= 15 is 0 Å². The van der Waals surface area contributed by atoms with Gasteiger partial charge in [-0.2, -0.15) is 0 Å². The third-order valence-corrected chi connectivity index (χ3v) is 6.42. The normalized spacial score (nSPS) is 15.1.